The van der Waals surface area contributed by atoms with Crippen molar-refractivity contribution in [2.45, 2.75) is 12.1 Å². The highest BCUT2D eigenvalue weighted by Gasteiger charge is 2.41. The fraction of sp³-hybridized carbons (Fsp3) is 0.0833. The third-order valence-electron chi connectivity index (χ3n) is 5.75. The van der Waals surface area contributed by atoms with E-state index in [1.165, 1.54) is 24.5 Å². The predicted octanol–water partition coefficient (Wildman–Crippen LogP) is 5.77. The number of nitrogens with one attached hydrogen (secondary N) is 1. The van der Waals surface area contributed by atoms with Gasteiger partial charge in [0.15, 0.2) is 0 Å². The molecule has 0 saturated carbocycles. The fourth-order valence-corrected chi connectivity index (χ4v) is 4.52. The molecule has 0 unspecified atom stereocenters. The molecule has 5 nitrogen and oxygen atoms in total. The number of nitrogens with zero attached hydrogens (tertiary/aromatic N) is 3. The summed E-state index contributed by atoms with van der Waals surface area (Å²) in [6.45, 7) is 0. The van der Waals surface area contributed by atoms with Crippen molar-refractivity contribution in [2.75, 3.05) is 5.32 Å². The molecule has 0 bridgehead atoms. The van der Waals surface area contributed by atoms with Gasteiger partial charge in [-0.05, 0) is 42.0 Å². The van der Waals surface area contributed by atoms with Gasteiger partial charge in [-0.25, -0.2) is 13.5 Å². The van der Waals surface area contributed by atoms with E-state index in [0.717, 1.165) is 22.4 Å². The van der Waals surface area contributed by atoms with Crippen molar-refractivity contribution in [3.63, 3.8) is 0 Å². The number of hydrogen-bond donors (Lipinski definition) is 1. The molecule has 8 heteroatoms. The lowest BCUT2D eigenvalue weighted by molar-refractivity contribution is 0.222. The number of hydrogen-bond acceptors (Lipinski definition) is 4. The Morgan fingerprint density at radius 1 is 1.00 bits per heavy atom. The van der Waals surface area contributed by atoms with Gasteiger partial charge < -0.3 is 10.1 Å². The van der Waals surface area contributed by atoms with Crippen molar-refractivity contribution in [3.8, 4) is 5.75 Å². The zero-order valence-corrected chi connectivity index (χ0v) is 17.2. The van der Waals surface area contributed by atoms with Gasteiger partial charge in [0.1, 0.15) is 35.9 Å². The second kappa shape index (κ2) is 7.17. The van der Waals surface area contributed by atoms with E-state index in [1.54, 1.807) is 53.2 Å². The Bertz CT molecular complexity index is 1380. The highest BCUT2D eigenvalue weighted by atomic mass is 35.5. The topological polar surface area (TPSA) is 52.0 Å². The van der Waals surface area contributed by atoms with Gasteiger partial charge >= 0.3 is 0 Å². The maximum Gasteiger partial charge on any atom is 0.226 e. The van der Waals surface area contributed by atoms with E-state index in [0.29, 0.717) is 22.3 Å². The molecule has 0 saturated heterocycles. The summed E-state index contributed by atoms with van der Waals surface area (Å²) in [5.41, 5.74) is 3.34. The van der Waals surface area contributed by atoms with Crippen LogP contribution < -0.4 is 10.1 Å². The molecule has 6 rings (SSSR count). The Morgan fingerprint density at radius 3 is 2.62 bits per heavy atom. The minimum atomic E-state index is -0.632. The van der Waals surface area contributed by atoms with Gasteiger partial charge in [0.25, 0.3) is 0 Å². The predicted molar refractivity (Wildman–Crippen MR) is 116 cm³/mol. The molecule has 2 aliphatic rings. The first-order valence-electron chi connectivity index (χ1n) is 9.97. The summed E-state index contributed by atoms with van der Waals surface area (Å²) in [7, 11) is 0. The van der Waals surface area contributed by atoms with Crippen molar-refractivity contribution in [1.82, 2.24) is 14.8 Å². The van der Waals surface area contributed by atoms with Gasteiger partial charge in [0.2, 0.25) is 5.95 Å². The van der Waals surface area contributed by atoms with Crippen LogP contribution in [-0.2, 0) is 0 Å². The van der Waals surface area contributed by atoms with Crippen LogP contribution in [0.4, 0.5) is 14.7 Å². The van der Waals surface area contributed by atoms with Crippen molar-refractivity contribution < 1.29 is 13.5 Å². The van der Waals surface area contributed by atoms with E-state index >= 15 is 4.39 Å². The number of aromatic nitrogens is 3. The molecule has 1 aromatic heterocycles. The fourth-order valence-electron chi connectivity index (χ4n) is 4.35. The first kappa shape index (κ1) is 19.0. The molecule has 2 aliphatic heterocycles. The van der Waals surface area contributed by atoms with E-state index in [1.807, 2.05) is 0 Å². The van der Waals surface area contributed by atoms with Crippen molar-refractivity contribution >= 4 is 23.2 Å². The molecular weight excluding hydrogens is 434 g/mol. The highest BCUT2D eigenvalue weighted by Crippen LogP contribution is 2.51. The van der Waals surface area contributed by atoms with Crippen LogP contribution >= 0.6 is 11.6 Å². The second-order valence-electron chi connectivity index (χ2n) is 7.60. The number of rotatable bonds is 2. The smallest absolute Gasteiger partial charge is 0.226 e. The number of ether oxygens (including phenoxy) is 1. The van der Waals surface area contributed by atoms with Gasteiger partial charge in [-0.15, -0.1) is 0 Å². The van der Waals surface area contributed by atoms with Gasteiger partial charge in [-0.1, -0.05) is 41.9 Å². The minimum absolute atomic E-state index is 0.350. The second-order valence-corrected chi connectivity index (χ2v) is 8.03. The third kappa shape index (κ3) is 2.89. The van der Waals surface area contributed by atoms with Crippen molar-refractivity contribution in [1.29, 1.82) is 0 Å². The molecular formula is C24H15ClF2N4O. The Hall–Kier alpha value is -3.71. The summed E-state index contributed by atoms with van der Waals surface area (Å²) in [6.07, 6.45) is 0.801. The van der Waals surface area contributed by atoms with Gasteiger partial charge in [0.05, 0.1) is 5.70 Å². The molecule has 0 radical (unpaired) electrons. The van der Waals surface area contributed by atoms with Crippen LogP contribution in [0.15, 0.2) is 78.6 Å². The monoisotopic (exact) mass is 448 g/mol. The molecule has 1 N–H and O–H groups in total. The Balaban J connectivity index is 1.65. The van der Waals surface area contributed by atoms with E-state index in [9.17, 15) is 4.39 Å². The summed E-state index contributed by atoms with van der Waals surface area (Å²) >= 11 is 6.30. The molecule has 4 aromatic rings. The standard InChI is InChI=1S/C24H15ClF2N4O/c25-14-7-10-19-17(11-14)21-20(23(32-19)13-5-8-15(26)9-6-13)22(16-3-1-2-4-18(16)27)31-24(30-21)28-12-29-31/h1-12,22-23H,(H,28,29,30)/t22-,23-/m1/s1. The average Bonchev–Trinajstić information content (AvgIpc) is 3.27. The lowest BCUT2D eigenvalue weighted by Crippen LogP contribution is -2.32. The summed E-state index contributed by atoms with van der Waals surface area (Å²) in [6, 6.07) is 17.3. The maximum absolute atomic E-state index is 15.1. The Morgan fingerprint density at radius 2 is 1.81 bits per heavy atom. The third-order valence-corrected chi connectivity index (χ3v) is 5.98. The van der Waals surface area contributed by atoms with Crippen LogP contribution in [0.3, 0.4) is 0 Å². The molecule has 158 valence electrons. The summed E-state index contributed by atoms with van der Waals surface area (Å²) in [5, 5.41) is 8.23. The Kier molecular flexibility index (Phi) is 4.26. The molecule has 0 spiro atoms. The van der Waals surface area contributed by atoms with Gasteiger partial charge in [-0.2, -0.15) is 10.1 Å². The molecule has 0 fully saturated rings. The van der Waals surface area contributed by atoms with Crippen LogP contribution in [0.25, 0.3) is 5.70 Å². The first-order valence-corrected chi connectivity index (χ1v) is 10.3. The van der Waals surface area contributed by atoms with Crippen molar-refractivity contribution in [3.05, 3.63) is 112 Å². The molecule has 0 amide bonds. The summed E-state index contributed by atoms with van der Waals surface area (Å²) in [4.78, 5) is 4.32. The van der Waals surface area contributed by atoms with Crippen molar-refractivity contribution in [2.24, 2.45) is 0 Å². The van der Waals surface area contributed by atoms with E-state index in [4.69, 9.17) is 16.3 Å². The van der Waals surface area contributed by atoms with E-state index in [2.05, 4.69) is 15.4 Å². The zero-order chi connectivity index (χ0) is 21.8. The normalized spacial score (nSPS) is 18.8. The lowest BCUT2D eigenvalue weighted by atomic mass is 9.84. The quantitative estimate of drug-likeness (QED) is 0.423. The van der Waals surface area contributed by atoms with Crippen LogP contribution in [0.1, 0.15) is 28.8 Å². The molecule has 0 aliphatic carbocycles. The highest BCUT2D eigenvalue weighted by molar-refractivity contribution is 6.30. The first-order chi connectivity index (χ1) is 15.6. The number of anilines is 1. The minimum Gasteiger partial charge on any atom is -0.480 e. The maximum atomic E-state index is 15.1. The SMILES string of the molecule is Fc1ccc([C@H]2Oc3ccc(Cl)cc3C3=C2[C@@H](c2ccccc2F)n2ncnc2N3)cc1. The van der Waals surface area contributed by atoms with E-state index in [-0.39, 0.29) is 11.6 Å². The zero-order valence-electron chi connectivity index (χ0n) is 16.5. The van der Waals surface area contributed by atoms with Gasteiger partial charge in [0, 0.05) is 21.7 Å². The number of fused-ring (bicyclic) bond motifs is 3. The lowest BCUT2D eigenvalue weighted by Gasteiger charge is -2.39. The Labute approximate surface area is 186 Å². The summed E-state index contributed by atoms with van der Waals surface area (Å²) in [5.74, 6) is 0.359. The van der Waals surface area contributed by atoms with Crippen LogP contribution in [-0.4, -0.2) is 14.8 Å². The van der Waals surface area contributed by atoms with E-state index < -0.39 is 12.1 Å². The molecule has 3 heterocycles. The largest absolute Gasteiger partial charge is 0.480 e. The van der Waals surface area contributed by atoms with Gasteiger partial charge in [-0.3, -0.25) is 0 Å². The molecule has 3 aromatic carbocycles. The summed E-state index contributed by atoms with van der Waals surface area (Å²) < 4.78 is 36.8. The number of halogens is 3. The van der Waals surface area contributed by atoms with Crippen LogP contribution in [0.5, 0.6) is 5.75 Å². The molecule has 2 atom stereocenters. The van der Waals surface area contributed by atoms with Crippen LogP contribution in [0.2, 0.25) is 5.02 Å². The molecule has 32 heavy (non-hydrogen) atoms. The average molecular weight is 449 g/mol. The van der Waals surface area contributed by atoms with Crippen LogP contribution in [0, 0.1) is 11.6 Å². The number of benzene rings is 3.